The van der Waals surface area contributed by atoms with Gasteiger partial charge in [-0.3, -0.25) is 10.1 Å². The lowest BCUT2D eigenvalue weighted by atomic mass is 10.1. The molecular formula is C20H21FN6O2S. The third-order valence-corrected chi connectivity index (χ3v) is 5.11. The van der Waals surface area contributed by atoms with Crippen LogP contribution in [0.1, 0.15) is 33.0 Å². The fourth-order valence-corrected chi connectivity index (χ4v) is 3.51. The van der Waals surface area contributed by atoms with Crippen molar-refractivity contribution in [3.63, 3.8) is 0 Å². The standard InChI is InChI=1S/C20H21FN6O2S/c1-12-17(13(2)24-11-23-12)18(28)27(3)9-16-10-30-20(25-16)26-19(29)22-8-14-5-4-6-15(21)7-14/h4-7,10-11H,8-9H2,1-3H3,(H2,22,25,26,29). The highest BCUT2D eigenvalue weighted by atomic mass is 32.1. The van der Waals surface area contributed by atoms with Crippen LogP contribution in [0.25, 0.3) is 0 Å². The maximum atomic E-state index is 13.2. The first-order valence-corrected chi connectivity index (χ1v) is 9.99. The van der Waals surface area contributed by atoms with Gasteiger partial charge in [0.25, 0.3) is 5.91 Å². The summed E-state index contributed by atoms with van der Waals surface area (Å²) in [7, 11) is 1.67. The molecule has 0 fully saturated rings. The van der Waals surface area contributed by atoms with Crippen LogP contribution in [0, 0.1) is 19.7 Å². The SMILES string of the molecule is Cc1ncnc(C)c1C(=O)N(C)Cc1csc(NC(=O)NCc2cccc(F)c2)n1. The Balaban J connectivity index is 1.55. The number of benzene rings is 1. The summed E-state index contributed by atoms with van der Waals surface area (Å²) in [6.07, 6.45) is 1.43. The first-order valence-electron chi connectivity index (χ1n) is 9.11. The number of aromatic nitrogens is 3. The topological polar surface area (TPSA) is 100 Å². The second-order valence-electron chi connectivity index (χ2n) is 6.66. The summed E-state index contributed by atoms with van der Waals surface area (Å²) in [6, 6.07) is 5.56. The van der Waals surface area contributed by atoms with Gasteiger partial charge in [0.15, 0.2) is 5.13 Å². The van der Waals surface area contributed by atoms with Crippen LogP contribution in [0.15, 0.2) is 36.0 Å². The average molecular weight is 428 g/mol. The summed E-state index contributed by atoms with van der Waals surface area (Å²) in [4.78, 5) is 38.8. The van der Waals surface area contributed by atoms with Gasteiger partial charge in [0, 0.05) is 19.0 Å². The van der Waals surface area contributed by atoms with E-state index in [-0.39, 0.29) is 24.8 Å². The van der Waals surface area contributed by atoms with Crippen LogP contribution in [0.5, 0.6) is 0 Å². The zero-order valence-electron chi connectivity index (χ0n) is 16.8. The quantitative estimate of drug-likeness (QED) is 0.628. The van der Waals surface area contributed by atoms with Crippen molar-refractivity contribution >= 4 is 28.4 Å². The van der Waals surface area contributed by atoms with E-state index in [4.69, 9.17) is 0 Å². The summed E-state index contributed by atoms with van der Waals surface area (Å²) < 4.78 is 13.2. The highest BCUT2D eigenvalue weighted by Gasteiger charge is 2.19. The van der Waals surface area contributed by atoms with Crippen molar-refractivity contribution in [2.24, 2.45) is 0 Å². The third kappa shape index (κ3) is 5.35. The maximum Gasteiger partial charge on any atom is 0.321 e. The molecule has 0 unspecified atom stereocenters. The minimum Gasteiger partial charge on any atom is -0.336 e. The van der Waals surface area contributed by atoms with Crippen molar-refractivity contribution < 1.29 is 14.0 Å². The predicted molar refractivity (Wildman–Crippen MR) is 112 cm³/mol. The third-order valence-electron chi connectivity index (χ3n) is 4.30. The zero-order valence-corrected chi connectivity index (χ0v) is 17.6. The van der Waals surface area contributed by atoms with Crippen LogP contribution in [0.3, 0.4) is 0 Å². The number of anilines is 1. The van der Waals surface area contributed by atoms with E-state index >= 15 is 0 Å². The maximum absolute atomic E-state index is 13.2. The Hall–Kier alpha value is -3.40. The van der Waals surface area contributed by atoms with E-state index in [0.717, 1.165) is 0 Å². The number of carbonyl (C=O) groups is 2. The molecule has 156 valence electrons. The Kier molecular flexibility index (Phi) is 6.68. The summed E-state index contributed by atoms with van der Waals surface area (Å²) in [5.74, 6) is -0.550. The number of halogens is 1. The normalized spacial score (nSPS) is 10.5. The van der Waals surface area contributed by atoms with Crippen LogP contribution >= 0.6 is 11.3 Å². The van der Waals surface area contributed by atoms with Crippen molar-refractivity contribution in [1.82, 2.24) is 25.2 Å². The van der Waals surface area contributed by atoms with E-state index in [9.17, 15) is 14.0 Å². The second kappa shape index (κ2) is 9.40. The number of carbonyl (C=O) groups excluding carboxylic acids is 2. The highest BCUT2D eigenvalue weighted by molar-refractivity contribution is 7.13. The van der Waals surface area contributed by atoms with Gasteiger partial charge in [0.2, 0.25) is 0 Å². The fourth-order valence-electron chi connectivity index (χ4n) is 2.82. The highest BCUT2D eigenvalue weighted by Crippen LogP contribution is 2.18. The molecule has 2 aromatic heterocycles. The smallest absolute Gasteiger partial charge is 0.321 e. The van der Waals surface area contributed by atoms with Gasteiger partial charge in [0.05, 0.1) is 29.2 Å². The molecular weight excluding hydrogens is 407 g/mol. The van der Waals surface area contributed by atoms with Gasteiger partial charge in [-0.1, -0.05) is 12.1 Å². The predicted octanol–water partition coefficient (Wildman–Crippen LogP) is 3.28. The van der Waals surface area contributed by atoms with Crippen LogP contribution in [-0.4, -0.2) is 38.8 Å². The number of thiazole rings is 1. The number of amides is 3. The Morgan fingerprint density at radius 2 is 1.93 bits per heavy atom. The summed E-state index contributed by atoms with van der Waals surface area (Å²) in [5.41, 5.74) is 3.01. The number of nitrogens with one attached hydrogen (secondary N) is 2. The van der Waals surface area contributed by atoms with Gasteiger partial charge < -0.3 is 10.2 Å². The van der Waals surface area contributed by atoms with E-state index in [1.54, 1.807) is 38.4 Å². The first-order chi connectivity index (χ1) is 14.3. The number of hydrogen-bond acceptors (Lipinski definition) is 6. The molecule has 8 nitrogen and oxygen atoms in total. The monoisotopic (exact) mass is 428 g/mol. The summed E-state index contributed by atoms with van der Waals surface area (Å²) in [6.45, 7) is 4.00. The van der Waals surface area contributed by atoms with E-state index in [0.29, 0.717) is 33.3 Å². The van der Waals surface area contributed by atoms with Crippen LogP contribution < -0.4 is 10.6 Å². The van der Waals surface area contributed by atoms with Gasteiger partial charge in [-0.05, 0) is 31.5 Å². The van der Waals surface area contributed by atoms with Gasteiger partial charge in [-0.25, -0.2) is 24.1 Å². The largest absolute Gasteiger partial charge is 0.336 e. The molecule has 0 bridgehead atoms. The molecule has 0 saturated carbocycles. The second-order valence-corrected chi connectivity index (χ2v) is 7.52. The molecule has 10 heteroatoms. The average Bonchev–Trinajstić information content (AvgIpc) is 3.12. The zero-order chi connectivity index (χ0) is 21.7. The molecule has 1 aromatic carbocycles. The number of rotatable bonds is 6. The van der Waals surface area contributed by atoms with Crippen molar-refractivity contribution in [2.45, 2.75) is 26.9 Å². The summed E-state index contributed by atoms with van der Waals surface area (Å²) >= 11 is 1.25. The Morgan fingerprint density at radius 1 is 1.20 bits per heavy atom. The van der Waals surface area contributed by atoms with Crippen LogP contribution in [-0.2, 0) is 13.1 Å². The van der Waals surface area contributed by atoms with Gasteiger partial charge >= 0.3 is 6.03 Å². The number of aryl methyl sites for hydroxylation is 2. The minimum absolute atomic E-state index is 0.191. The molecule has 0 radical (unpaired) electrons. The van der Waals surface area contributed by atoms with E-state index in [1.807, 2.05) is 0 Å². The molecule has 0 aliphatic carbocycles. The lowest BCUT2D eigenvalue weighted by Crippen LogP contribution is -2.29. The molecule has 2 N–H and O–H groups in total. The van der Waals surface area contributed by atoms with Crippen LogP contribution in [0.2, 0.25) is 0 Å². The molecule has 3 aromatic rings. The molecule has 0 aliphatic heterocycles. The molecule has 0 aliphatic rings. The van der Waals surface area contributed by atoms with E-state index in [2.05, 4.69) is 25.6 Å². The van der Waals surface area contributed by atoms with Crippen molar-refractivity contribution in [1.29, 1.82) is 0 Å². The molecule has 0 atom stereocenters. The Labute approximate surface area is 177 Å². The number of nitrogens with zero attached hydrogens (tertiary/aromatic N) is 4. The van der Waals surface area contributed by atoms with E-state index < -0.39 is 6.03 Å². The molecule has 3 amide bonds. The Bertz CT molecular complexity index is 1050. The summed E-state index contributed by atoms with van der Waals surface area (Å²) in [5, 5.41) is 7.46. The molecule has 2 heterocycles. The number of hydrogen-bond donors (Lipinski definition) is 2. The van der Waals surface area contributed by atoms with Crippen molar-refractivity contribution in [2.75, 3.05) is 12.4 Å². The molecule has 30 heavy (non-hydrogen) atoms. The van der Waals surface area contributed by atoms with E-state index in [1.165, 1.54) is 34.7 Å². The van der Waals surface area contributed by atoms with Crippen molar-refractivity contribution in [3.05, 3.63) is 70.0 Å². The van der Waals surface area contributed by atoms with Crippen LogP contribution in [0.4, 0.5) is 14.3 Å². The molecule has 0 saturated heterocycles. The fraction of sp³-hybridized carbons (Fsp3) is 0.250. The first kappa shape index (κ1) is 21.3. The molecule has 3 rings (SSSR count). The number of urea groups is 1. The lowest BCUT2D eigenvalue weighted by Gasteiger charge is -2.17. The molecule has 0 spiro atoms. The van der Waals surface area contributed by atoms with Gasteiger partial charge in [-0.2, -0.15) is 0 Å². The minimum atomic E-state index is -0.447. The van der Waals surface area contributed by atoms with Gasteiger partial charge in [0.1, 0.15) is 12.1 Å². The van der Waals surface area contributed by atoms with Crippen molar-refractivity contribution in [3.8, 4) is 0 Å². The Morgan fingerprint density at radius 3 is 2.63 bits per heavy atom. The van der Waals surface area contributed by atoms with Gasteiger partial charge in [-0.15, -0.1) is 11.3 Å². The lowest BCUT2D eigenvalue weighted by molar-refractivity contribution is 0.0781.